The van der Waals surface area contributed by atoms with Crippen molar-refractivity contribution in [2.45, 2.75) is 43.0 Å². The highest BCUT2D eigenvalue weighted by Gasteiger charge is 2.34. The lowest BCUT2D eigenvalue weighted by Gasteiger charge is -2.32. The van der Waals surface area contributed by atoms with E-state index in [9.17, 15) is 13.5 Å². The van der Waals surface area contributed by atoms with Crippen molar-refractivity contribution in [1.82, 2.24) is 4.31 Å². The summed E-state index contributed by atoms with van der Waals surface area (Å²) in [5.74, 6) is 0. The molecular weight excluding hydrogens is 341 g/mol. The molecule has 114 valence electrons. The average molecular weight is 358 g/mol. The number of nitrogens with zero attached hydrogens (tertiary/aromatic N) is 1. The van der Waals surface area contributed by atoms with Crippen LogP contribution in [-0.2, 0) is 10.0 Å². The Kier molecular flexibility index (Phi) is 5.73. The lowest BCUT2D eigenvalue weighted by Crippen LogP contribution is -2.43. The van der Waals surface area contributed by atoms with Gasteiger partial charge in [-0.05, 0) is 18.9 Å². The molecule has 1 saturated carbocycles. The zero-order chi connectivity index (χ0) is 14.8. The third kappa shape index (κ3) is 3.48. The van der Waals surface area contributed by atoms with Crippen molar-refractivity contribution in [3.63, 3.8) is 0 Å². The van der Waals surface area contributed by atoms with Gasteiger partial charge in [0.2, 0.25) is 10.0 Å². The van der Waals surface area contributed by atoms with Crippen molar-refractivity contribution in [2.75, 3.05) is 13.2 Å². The molecule has 1 N–H and O–H groups in total. The van der Waals surface area contributed by atoms with Crippen LogP contribution in [0.15, 0.2) is 11.0 Å². The zero-order valence-electron chi connectivity index (χ0n) is 10.9. The summed E-state index contributed by atoms with van der Waals surface area (Å²) in [6, 6.07) is 1.33. The number of hydrogen-bond donors (Lipinski definition) is 1. The van der Waals surface area contributed by atoms with E-state index in [1.165, 1.54) is 10.4 Å². The van der Waals surface area contributed by atoms with Crippen molar-refractivity contribution >= 4 is 44.6 Å². The molecular formula is C12H17Cl2NO3S2. The van der Waals surface area contributed by atoms with E-state index < -0.39 is 10.0 Å². The molecule has 0 aliphatic heterocycles. The smallest absolute Gasteiger partial charge is 0.245 e. The van der Waals surface area contributed by atoms with Gasteiger partial charge in [0.25, 0.3) is 0 Å². The Balaban J connectivity index is 2.33. The van der Waals surface area contributed by atoms with Gasteiger partial charge in [-0.15, -0.1) is 11.3 Å². The molecule has 1 aliphatic rings. The van der Waals surface area contributed by atoms with Crippen molar-refractivity contribution in [3.8, 4) is 0 Å². The SMILES string of the molecule is O=S(=O)(c1cc(Cl)sc1Cl)N(CCO)C1CCCCC1. The molecule has 0 bridgehead atoms. The monoisotopic (exact) mass is 357 g/mol. The highest BCUT2D eigenvalue weighted by molar-refractivity contribution is 7.89. The second kappa shape index (κ2) is 6.94. The van der Waals surface area contributed by atoms with Crippen molar-refractivity contribution in [3.05, 3.63) is 14.7 Å². The van der Waals surface area contributed by atoms with Crippen LogP contribution in [0.2, 0.25) is 8.67 Å². The highest BCUT2D eigenvalue weighted by Crippen LogP contribution is 2.37. The molecule has 0 saturated heterocycles. The second-order valence-corrected chi connectivity index (χ2v) is 8.96. The first-order chi connectivity index (χ1) is 9.46. The zero-order valence-corrected chi connectivity index (χ0v) is 14.0. The molecule has 0 atom stereocenters. The number of halogens is 2. The van der Waals surface area contributed by atoms with Crippen LogP contribution in [0, 0.1) is 0 Å². The number of thiophene rings is 1. The van der Waals surface area contributed by atoms with Gasteiger partial charge in [-0.1, -0.05) is 42.5 Å². The molecule has 0 radical (unpaired) electrons. The number of rotatable bonds is 5. The van der Waals surface area contributed by atoms with Gasteiger partial charge in [-0.25, -0.2) is 8.42 Å². The molecule has 1 aromatic heterocycles. The maximum atomic E-state index is 12.7. The topological polar surface area (TPSA) is 57.6 Å². The lowest BCUT2D eigenvalue weighted by molar-refractivity contribution is 0.199. The number of hydrogen-bond acceptors (Lipinski definition) is 4. The van der Waals surface area contributed by atoms with E-state index in [1.807, 2.05) is 0 Å². The van der Waals surface area contributed by atoms with Gasteiger partial charge in [-0.2, -0.15) is 4.31 Å². The third-order valence-electron chi connectivity index (χ3n) is 3.51. The first-order valence-corrected chi connectivity index (χ1v) is 9.55. The molecule has 1 aliphatic carbocycles. The maximum Gasteiger partial charge on any atom is 0.245 e. The fraction of sp³-hybridized carbons (Fsp3) is 0.667. The Morgan fingerprint density at radius 1 is 1.30 bits per heavy atom. The van der Waals surface area contributed by atoms with Crippen molar-refractivity contribution < 1.29 is 13.5 Å². The average Bonchev–Trinajstić information content (AvgIpc) is 2.76. The van der Waals surface area contributed by atoms with Crippen LogP contribution in [0.4, 0.5) is 0 Å². The van der Waals surface area contributed by atoms with Crippen LogP contribution < -0.4 is 0 Å². The fourth-order valence-corrected chi connectivity index (χ4v) is 6.38. The highest BCUT2D eigenvalue weighted by atomic mass is 35.5. The van der Waals surface area contributed by atoms with Crippen LogP contribution in [0.25, 0.3) is 0 Å². The molecule has 4 nitrogen and oxygen atoms in total. The maximum absolute atomic E-state index is 12.7. The van der Waals surface area contributed by atoms with E-state index in [0.29, 0.717) is 4.34 Å². The summed E-state index contributed by atoms with van der Waals surface area (Å²) in [6.07, 6.45) is 4.82. The Hall–Kier alpha value is 0.150. The van der Waals surface area contributed by atoms with Crippen LogP contribution in [0.1, 0.15) is 32.1 Å². The first kappa shape index (κ1) is 16.5. The second-order valence-electron chi connectivity index (χ2n) is 4.82. The molecule has 2 rings (SSSR count). The molecule has 8 heteroatoms. The summed E-state index contributed by atoms with van der Waals surface area (Å²) < 4.78 is 27.4. The molecule has 0 amide bonds. The summed E-state index contributed by atoms with van der Waals surface area (Å²) in [6.45, 7) is -0.109. The molecule has 1 heterocycles. The van der Waals surface area contributed by atoms with Crippen molar-refractivity contribution in [2.24, 2.45) is 0 Å². The van der Waals surface area contributed by atoms with Crippen LogP contribution in [0.5, 0.6) is 0 Å². The minimum Gasteiger partial charge on any atom is -0.395 e. The van der Waals surface area contributed by atoms with E-state index in [-0.39, 0.29) is 28.4 Å². The lowest BCUT2D eigenvalue weighted by atomic mass is 9.95. The Labute approximate surface area is 133 Å². The molecule has 0 spiro atoms. The molecule has 1 aromatic rings. The van der Waals surface area contributed by atoms with E-state index in [1.54, 1.807) is 0 Å². The van der Waals surface area contributed by atoms with Gasteiger partial charge < -0.3 is 5.11 Å². The minimum absolute atomic E-state index is 0.0493. The normalized spacial score (nSPS) is 17.8. The predicted octanol–water partition coefficient (Wildman–Crippen LogP) is 3.37. The first-order valence-electron chi connectivity index (χ1n) is 6.54. The summed E-state index contributed by atoms with van der Waals surface area (Å²) in [5, 5.41) is 9.19. The number of sulfonamides is 1. The van der Waals surface area contributed by atoms with Gasteiger partial charge >= 0.3 is 0 Å². The Morgan fingerprint density at radius 3 is 2.45 bits per heavy atom. The van der Waals surface area contributed by atoms with Crippen molar-refractivity contribution in [1.29, 1.82) is 0 Å². The van der Waals surface area contributed by atoms with Gasteiger partial charge in [-0.3, -0.25) is 0 Å². The molecule has 1 fully saturated rings. The standard InChI is InChI=1S/C12H17Cl2NO3S2/c13-11-8-10(12(14)19-11)20(17,18)15(6-7-16)9-4-2-1-3-5-9/h8-9,16H,1-7H2. The molecule has 0 unspecified atom stereocenters. The minimum atomic E-state index is -3.71. The number of aliphatic hydroxyl groups is 1. The largest absolute Gasteiger partial charge is 0.395 e. The summed E-state index contributed by atoms with van der Waals surface area (Å²) in [7, 11) is -3.71. The number of aliphatic hydroxyl groups excluding tert-OH is 1. The van der Waals surface area contributed by atoms with E-state index in [4.69, 9.17) is 23.2 Å². The third-order valence-corrected chi connectivity index (χ3v) is 7.22. The van der Waals surface area contributed by atoms with E-state index in [2.05, 4.69) is 0 Å². The van der Waals surface area contributed by atoms with Gasteiger partial charge in [0.1, 0.15) is 9.23 Å². The van der Waals surface area contributed by atoms with Gasteiger partial charge in [0.15, 0.2) is 0 Å². The molecule has 20 heavy (non-hydrogen) atoms. The molecule has 0 aromatic carbocycles. The Bertz CT molecular complexity index is 553. The quantitative estimate of drug-likeness (QED) is 0.878. The van der Waals surface area contributed by atoms with E-state index in [0.717, 1.165) is 43.4 Å². The summed E-state index contributed by atoms with van der Waals surface area (Å²) in [4.78, 5) is 0.0493. The van der Waals surface area contributed by atoms with Gasteiger partial charge in [0, 0.05) is 12.6 Å². The summed E-state index contributed by atoms with van der Waals surface area (Å²) >= 11 is 12.9. The summed E-state index contributed by atoms with van der Waals surface area (Å²) in [5.41, 5.74) is 0. The van der Waals surface area contributed by atoms with Crippen LogP contribution in [0.3, 0.4) is 0 Å². The van der Waals surface area contributed by atoms with Crippen LogP contribution >= 0.6 is 34.5 Å². The predicted molar refractivity (Wildman–Crippen MR) is 82.2 cm³/mol. The van der Waals surface area contributed by atoms with E-state index >= 15 is 0 Å². The fourth-order valence-electron chi connectivity index (χ4n) is 2.59. The van der Waals surface area contributed by atoms with Gasteiger partial charge in [0.05, 0.1) is 10.9 Å². The Morgan fingerprint density at radius 2 is 1.95 bits per heavy atom. The van der Waals surface area contributed by atoms with Crippen LogP contribution in [-0.4, -0.2) is 37.0 Å².